The van der Waals surface area contributed by atoms with Gasteiger partial charge in [0.2, 0.25) is 5.24 Å². The maximum atomic E-state index is 10.4. The smallest absolute Gasteiger partial charge is 0.221 e. The minimum atomic E-state index is -0.323. The van der Waals surface area contributed by atoms with E-state index in [9.17, 15) is 4.79 Å². The highest BCUT2D eigenvalue weighted by atomic mass is 35.5. The molecule has 1 rings (SSSR count). The zero-order valence-corrected chi connectivity index (χ0v) is 9.72. The molecule has 0 fully saturated rings. The highest BCUT2D eigenvalue weighted by Crippen LogP contribution is 2.13. The Kier molecular flexibility index (Phi) is 5.51. The van der Waals surface area contributed by atoms with E-state index in [1.54, 1.807) is 0 Å². The molecule has 0 aliphatic rings. The first-order chi connectivity index (χ1) is 7.22. The Morgan fingerprint density at radius 3 is 2.47 bits per heavy atom. The summed E-state index contributed by atoms with van der Waals surface area (Å²) >= 11 is 10.8. The Morgan fingerprint density at radius 1 is 1.27 bits per heavy atom. The first kappa shape index (κ1) is 12.3. The van der Waals surface area contributed by atoms with Gasteiger partial charge < -0.3 is 4.74 Å². The molecule has 0 N–H and O–H groups in total. The van der Waals surface area contributed by atoms with Gasteiger partial charge in [0.1, 0.15) is 5.75 Å². The molecular formula is C11H12Cl2O2. The summed E-state index contributed by atoms with van der Waals surface area (Å²) in [6, 6.07) is 7.55. The third-order valence-electron chi connectivity index (χ3n) is 1.86. The second-order valence-electron chi connectivity index (χ2n) is 3.08. The molecule has 0 atom stereocenters. The molecule has 0 aliphatic heterocycles. The van der Waals surface area contributed by atoms with E-state index in [1.165, 1.54) is 0 Å². The Balaban J connectivity index is 2.28. The molecule has 0 bridgehead atoms. The Morgan fingerprint density at radius 2 is 1.93 bits per heavy atom. The van der Waals surface area contributed by atoms with Crippen molar-refractivity contribution in [2.24, 2.45) is 0 Å². The second-order valence-corrected chi connectivity index (χ2v) is 3.77. The van der Waals surface area contributed by atoms with E-state index in [4.69, 9.17) is 27.9 Å². The van der Waals surface area contributed by atoms with Gasteiger partial charge in [0.25, 0.3) is 0 Å². The van der Waals surface area contributed by atoms with Gasteiger partial charge in [-0.25, -0.2) is 0 Å². The van der Waals surface area contributed by atoms with Crippen LogP contribution in [0, 0.1) is 0 Å². The molecule has 1 aromatic carbocycles. The van der Waals surface area contributed by atoms with Gasteiger partial charge in [-0.05, 0) is 35.7 Å². The number of carbonyl (C=O) groups excluding carboxylic acids is 1. The van der Waals surface area contributed by atoms with Gasteiger partial charge in [0.05, 0.1) is 6.61 Å². The molecule has 0 aromatic heterocycles. The fourth-order valence-corrected chi connectivity index (χ4v) is 1.39. The lowest BCUT2D eigenvalue weighted by atomic mass is 10.2. The fraction of sp³-hybridized carbons (Fsp3) is 0.364. The van der Waals surface area contributed by atoms with Crippen molar-refractivity contribution < 1.29 is 9.53 Å². The summed E-state index contributed by atoms with van der Waals surface area (Å²) in [7, 11) is 0. The number of ether oxygens (including phenoxy) is 1. The molecule has 0 saturated heterocycles. The first-order valence-electron chi connectivity index (χ1n) is 4.68. The molecule has 0 unspecified atom stereocenters. The summed E-state index contributed by atoms with van der Waals surface area (Å²) in [5.41, 5.74) is 1.06. The molecular weight excluding hydrogens is 235 g/mol. The first-order valence-corrected chi connectivity index (χ1v) is 5.59. The fourth-order valence-electron chi connectivity index (χ4n) is 1.08. The predicted octanol–water partition coefficient (Wildman–Crippen LogP) is 3.35. The minimum absolute atomic E-state index is 0.323. The topological polar surface area (TPSA) is 26.3 Å². The average molecular weight is 247 g/mol. The van der Waals surface area contributed by atoms with E-state index in [1.807, 2.05) is 24.3 Å². The van der Waals surface area contributed by atoms with Crippen LogP contribution >= 0.6 is 23.2 Å². The predicted molar refractivity (Wildman–Crippen MR) is 61.6 cm³/mol. The van der Waals surface area contributed by atoms with Gasteiger partial charge in [-0.2, -0.15) is 0 Å². The summed E-state index contributed by atoms with van der Waals surface area (Å²) in [5.74, 6) is 1.28. The summed E-state index contributed by atoms with van der Waals surface area (Å²) in [6.45, 7) is 0.499. The van der Waals surface area contributed by atoms with Crippen molar-refractivity contribution >= 4 is 28.4 Å². The summed E-state index contributed by atoms with van der Waals surface area (Å²) in [6.07, 6.45) is 0.987. The molecule has 0 spiro atoms. The van der Waals surface area contributed by atoms with Crippen LogP contribution in [0.2, 0.25) is 0 Å². The lowest BCUT2D eigenvalue weighted by molar-refractivity contribution is -0.111. The molecule has 15 heavy (non-hydrogen) atoms. The quantitative estimate of drug-likeness (QED) is 0.437. The van der Waals surface area contributed by atoms with Crippen LogP contribution in [0.4, 0.5) is 0 Å². The zero-order chi connectivity index (χ0) is 11.1. The molecule has 1 aromatic rings. The van der Waals surface area contributed by atoms with Crippen LogP contribution < -0.4 is 4.74 Å². The SMILES string of the molecule is O=C(Cl)CCCOc1ccc(CCl)cc1. The Bertz CT molecular complexity index is 309. The highest BCUT2D eigenvalue weighted by Gasteiger charge is 1.97. The summed E-state index contributed by atoms with van der Waals surface area (Å²) < 4.78 is 5.40. The molecule has 2 nitrogen and oxygen atoms in total. The number of benzene rings is 1. The van der Waals surface area contributed by atoms with Crippen LogP contribution in [0.25, 0.3) is 0 Å². The zero-order valence-electron chi connectivity index (χ0n) is 8.21. The third kappa shape index (κ3) is 5.05. The Hall–Kier alpha value is -0.730. The number of alkyl halides is 1. The van der Waals surface area contributed by atoms with Gasteiger partial charge in [-0.15, -0.1) is 11.6 Å². The molecule has 0 aliphatic carbocycles. The van der Waals surface area contributed by atoms with E-state index >= 15 is 0 Å². The molecule has 0 radical (unpaired) electrons. The lowest BCUT2D eigenvalue weighted by Gasteiger charge is -2.05. The monoisotopic (exact) mass is 246 g/mol. The van der Waals surface area contributed by atoms with Gasteiger partial charge in [0.15, 0.2) is 0 Å². The Labute approximate surface area is 99.1 Å². The highest BCUT2D eigenvalue weighted by molar-refractivity contribution is 6.63. The van der Waals surface area contributed by atoms with Crippen molar-refractivity contribution in [2.75, 3.05) is 6.61 Å². The van der Waals surface area contributed by atoms with E-state index in [0.717, 1.165) is 11.3 Å². The summed E-state index contributed by atoms with van der Waals surface area (Å²) in [4.78, 5) is 10.4. The number of carbonyl (C=O) groups is 1. The maximum absolute atomic E-state index is 10.4. The van der Waals surface area contributed by atoms with Gasteiger partial charge in [-0.1, -0.05) is 12.1 Å². The van der Waals surface area contributed by atoms with Crippen LogP contribution in [0.3, 0.4) is 0 Å². The van der Waals surface area contributed by atoms with E-state index < -0.39 is 0 Å². The van der Waals surface area contributed by atoms with Crippen LogP contribution in [-0.2, 0) is 10.7 Å². The summed E-state index contributed by atoms with van der Waals surface area (Å²) in [5, 5.41) is -0.323. The maximum Gasteiger partial charge on any atom is 0.221 e. The van der Waals surface area contributed by atoms with E-state index in [0.29, 0.717) is 25.3 Å². The van der Waals surface area contributed by atoms with Crippen LogP contribution in [0.15, 0.2) is 24.3 Å². The lowest BCUT2D eigenvalue weighted by Crippen LogP contribution is -1.99. The molecule has 0 saturated carbocycles. The molecule has 82 valence electrons. The van der Waals surface area contributed by atoms with E-state index in [2.05, 4.69) is 0 Å². The molecule has 0 amide bonds. The van der Waals surface area contributed by atoms with Crippen molar-refractivity contribution in [3.05, 3.63) is 29.8 Å². The van der Waals surface area contributed by atoms with E-state index in [-0.39, 0.29) is 5.24 Å². The number of rotatable bonds is 6. The van der Waals surface area contributed by atoms with Crippen molar-refractivity contribution in [3.63, 3.8) is 0 Å². The number of halogens is 2. The van der Waals surface area contributed by atoms with Crippen molar-refractivity contribution in [2.45, 2.75) is 18.7 Å². The normalized spacial score (nSPS) is 10.0. The van der Waals surface area contributed by atoms with Crippen LogP contribution in [-0.4, -0.2) is 11.8 Å². The standard InChI is InChI=1S/C11H12Cl2O2/c12-8-9-3-5-10(6-4-9)15-7-1-2-11(13)14/h3-6H,1-2,7-8H2. The second kappa shape index (κ2) is 6.70. The average Bonchev–Trinajstić information content (AvgIpc) is 2.25. The third-order valence-corrected chi connectivity index (χ3v) is 2.36. The van der Waals surface area contributed by atoms with Crippen LogP contribution in [0.1, 0.15) is 18.4 Å². The number of hydrogen-bond donors (Lipinski definition) is 0. The molecule has 0 heterocycles. The minimum Gasteiger partial charge on any atom is -0.494 e. The van der Waals surface area contributed by atoms with Crippen LogP contribution in [0.5, 0.6) is 5.75 Å². The van der Waals surface area contributed by atoms with Gasteiger partial charge >= 0.3 is 0 Å². The largest absolute Gasteiger partial charge is 0.494 e. The number of hydrogen-bond acceptors (Lipinski definition) is 2. The van der Waals surface area contributed by atoms with Gasteiger partial charge in [0, 0.05) is 12.3 Å². The van der Waals surface area contributed by atoms with Crippen molar-refractivity contribution in [1.29, 1.82) is 0 Å². The molecule has 4 heteroatoms. The van der Waals surface area contributed by atoms with Crippen molar-refractivity contribution in [1.82, 2.24) is 0 Å². The van der Waals surface area contributed by atoms with Crippen molar-refractivity contribution in [3.8, 4) is 5.75 Å². The van der Waals surface area contributed by atoms with Gasteiger partial charge in [-0.3, -0.25) is 4.79 Å².